The van der Waals surface area contributed by atoms with E-state index in [0.717, 1.165) is 62.1 Å². The van der Waals surface area contributed by atoms with E-state index in [4.69, 9.17) is 9.72 Å². The van der Waals surface area contributed by atoms with Crippen molar-refractivity contribution in [2.75, 3.05) is 49.2 Å². The van der Waals surface area contributed by atoms with E-state index in [2.05, 4.69) is 35.8 Å². The molecule has 1 spiro atoms. The number of anilines is 2. The minimum Gasteiger partial charge on any atom is -0.381 e. The molecule has 4 fully saturated rings. The zero-order valence-electron chi connectivity index (χ0n) is 17.9. The smallest absolute Gasteiger partial charge is 0.233 e. The van der Waals surface area contributed by atoms with Gasteiger partial charge in [-0.15, -0.1) is 0 Å². The SMILES string of the molecule is Cc1nc(N2CC[C@H](N3CCC[C@@H]3C)C2)ccc1N1CCC2(CCOCC2)C1=O. The molecule has 0 aromatic carbocycles. The van der Waals surface area contributed by atoms with Crippen molar-refractivity contribution in [2.45, 2.75) is 64.5 Å². The van der Waals surface area contributed by atoms with E-state index in [1.165, 1.54) is 25.8 Å². The van der Waals surface area contributed by atoms with Crippen molar-refractivity contribution in [3.63, 3.8) is 0 Å². The zero-order chi connectivity index (χ0) is 20.0. The van der Waals surface area contributed by atoms with Gasteiger partial charge < -0.3 is 14.5 Å². The summed E-state index contributed by atoms with van der Waals surface area (Å²) in [6.07, 6.45) is 6.55. The van der Waals surface area contributed by atoms with Crippen molar-refractivity contribution in [1.82, 2.24) is 9.88 Å². The van der Waals surface area contributed by atoms with E-state index in [-0.39, 0.29) is 11.3 Å². The molecule has 0 bridgehead atoms. The van der Waals surface area contributed by atoms with Crippen LogP contribution in [-0.2, 0) is 9.53 Å². The molecule has 2 atom stereocenters. The first-order chi connectivity index (χ1) is 14.1. The average molecular weight is 399 g/mol. The summed E-state index contributed by atoms with van der Waals surface area (Å²) in [7, 11) is 0. The number of carbonyl (C=O) groups excluding carboxylic acids is 1. The minimum absolute atomic E-state index is 0.196. The van der Waals surface area contributed by atoms with Crippen molar-refractivity contribution in [2.24, 2.45) is 5.41 Å². The Kier molecular flexibility index (Phi) is 5.03. The highest BCUT2D eigenvalue weighted by molar-refractivity contribution is 6.00. The minimum atomic E-state index is -0.196. The van der Waals surface area contributed by atoms with Crippen LogP contribution >= 0.6 is 0 Å². The number of nitrogens with zero attached hydrogens (tertiary/aromatic N) is 4. The fraction of sp³-hybridized carbons (Fsp3) is 0.739. The second kappa shape index (κ2) is 7.55. The number of ether oxygens (including phenoxy) is 1. The Balaban J connectivity index is 1.29. The van der Waals surface area contributed by atoms with Gasteiger partial charge >= 0.3 is 0 Å². The third-order valence-electron chi connectivity index (χ3n) is 7.86. The van der Waals surface area contributed by atoms with E-state index >= 15 is 0 Å². The molecule has 0 saturated carbocycles. The Labute approximate surface area is 174 Å². The predicted octanol–water partition coefficient (Wildman–Crippen LogP) is 2.99. The summed E-state index contributed by atoms with van der Waals surface area (Å²) >= 11 is 0. The van der Waals surface area contributed by atoms with E-state index in [9.17, 15) is 4.79 Å². The van der Waals surface area contributed by atoms with E-state index in [1.54, 1.807) is 0 Å². The van der Waals surface area contributed by atoms with Gasteiger partial charge in [0, 0.05) is 44.9 Å². The maximum atomic E-state index is 13.2. The Morgan fingerprint density at radius 1 is 1.10 bits per heavy atom. The van der Waals surface area contributed by atoms with Gasteiger partial charge in [0.05, 0.1) is 16.8 Å². The highest BCUT2D eigenvalue weighted by Gasteiger charge is 2.48. The summed E-state index contributed by atoms with van der Waals surface area (Å²) in [6, 6.07) is 5.62. The molecule has 0 radical (unpaired) electrons. The van der Waals surface area contributed by atoms with Crippen LogP contribution in [0.1, 0.15) is 51.1 Å². The van der Waals surface area contributed by atoms with Gasteiger partial charge in [-0.2, -0.15) is 0 Å². The van der Waals surface area contributed by atoms with Gasteiger partial charge in [0.25, 0.3) is 0 Å². The molecule has 0 aliphatic carbocycles. The molecule has 4 aliphatic rings. The van der Waals surface area contributed by atoms with Crippen LogP contribution in [0.5, 0.6) is 0 Å². The monoisotopic (exact) mass is 398 g/mol. The first-order valence-corrected chi connectivity index (χ1v) is 11.5. The van der Waals surface area contributed by atoms with Crippen molar-refractivity contribution in [1.29, 1.82) is 0 Å². The van der Waals surface area contributed by atoms with Gasteiger partial charge in [-0.05, 0) is 71.0 Å². The summed E-state index contributed by atoms with van der Waals surface area (Å²) in [5, 5.41) is 0. The molecule has 29 heavy (non-hydrogen) atoms. The van der Waals surface area contributed by atoms with E-state index in [1.807, 2.05) is 4.90 Å². The quantitative estimate of drug-likeness (QED) is 0.783. The maximum Gasteiger partial charge on any atom is 0.233 e. The summed E-state index contributed by atoms with van der Waals surface area (Å²) in [6.45, 7) is 10.0. The first-order valence-electron chi connectivity index (χ1n) is 11.5. The highest BCUT2D eigenvalue weighted by Crippen LogP contribution is 2.43. The Hall–Kier alpha value is -1.66. The largest absolute Gasteiger partial charge is 0.381 e. The van der Waals surface area contributed by atoms with Crippen LogP contribution in [0.25, 0.3) is 0 Å². The number of aromatic nitrogens is 1. The van der Waals surface area contributed by atoms with Crippen LogP contribution in [0.3, 0.4) is 0 Å². The Morgan fingerprint density at radius 3 is 2.66 bits per heavy atom. The van der Waals surface area contributed by atoms with Gasteiger partial charge in [0.1, 0.15) is 5.82 Å². The zero-order valence-corrected chi connectivity index (χ0v) is 17.9. The number of hydrogen-bond acceptors (Lipinski definition) is 5. The molecule has 6 nitrogen and oxygen atoms in total. The van der Waals surface area contributed by atoms with Gasteiger partial charge in [-0.3, -0.25) is 9.69 Å². The molecule has 5 rings (SSSR count). The topological polar surface area (TPSA) is 48.9 Å². The van der Waals surface area contributed by atoms with Crippen molar-refractivity contribution in [3.05, 3.63) is 17.8 Å². The van der Waals surface area contributed by atoms with Gasteiger partial charge in [-0.25, -0.2) is 4.98 Å². The molecule has 0 N–H and O–H groups in total. The second-order valence-electron chi connectivity index (χ2n) is 9.49. The number of rotatable bonds is 3. The Morgan fingerprint density at radius 2 is 1.93 bits per heavy atom. The lowest BCUT2D eigenvalue weighted by atomic mass is 9.79. The molecule has 1 amide bonds. The fourth-order valence-corrected chi connectivity index (χ4v) is 6.00. The number of aryl methyl sites for hydroxylation is 1. The van der Waals surface area contributed by atoms with E-state index < -0.39 is 0 Å². The summed E-state index contributed by atoms with van der Waals surface area (Å²) in [4.78, 5) is 25.3. The standard InChI is InChI=1S/C23H34N4O2/c1-17-4-3-11-26(17)19-7-12-25(16-19)21-6-5-20(18(2)24-21)27-13-8-23(22(27)28)9-14-29-15-10-23/h5-6,17,19H,3-4,7-16H2,1-2H3/t17-,19-/m0/s1. The van der Waals surface area contributed by atoms with Crippen LogP contribution in [-0.4, -0.2) is 67.3 Å². The van der Waals surface area contributed by atoms with Crippen LogP contribution in [0.2, 0.25) is 0 Å². The average Bonchev–Trinajstić information content (AvgIpc) is 3.44. The van der Waals surface area contributed by atoms with Crippen LogP contribution < -0.4 is 9.80 Å². The van der Waals surface area contributed by atoms with Crippen LogP contribution in [0, 0.1) is 12.3 Å². The number of amides is 1. The number of pyridine rings is 1. The second-order valence-corrected chi connectivity index (χ2v) is 9.49. The molecule has 0 unspecified atom stereocenters. The van der Waals surface area contributed by atoms with Crippen LogP contribution in [0.4, 0.5) is 11.5 Å². The summed E-state index contributed by atoms with van der Waals surface area (Å²) < 4.78 is 5.50. The lowest BCUT2D eigenvalue weighted by molar-refractivity contribution is -0.130. The highest BCUT2D eigenvalue weighted by atomic mass is 16.5. The van der Waals surface area contributed by atoms with Gasteiger partial charge in [0.15, 0.2) is 0 Å². The van der Waals surface area contributed by atoms with Crippen molar-refractivity contribution in [3.8, 4) is 0 Å². The fourth-order valence-electron chi connectivity index (χ4n) is 6.00. The Bertz CT molecular complexity index is 776. The van der Waals surface area contributed by atoms with Gasteiger partial charge in [0.2, 0.25) is 5.91 Å². The van der Waals surface area contributed by atoms with E-state index in [0.29, 0.717) is 19.3 Å². The molecule has 4 aliphatic heterocycles. The third-order valence-corrected chi connectivity index (χ3v) is 7.86. The summed E-state index contributed by atoms with van der Waals surface area (Å²) in [5.41, 5.74) is 1.77. The third kappa shape index (κ3) is 3.34. The lowest BCUT2D eigenvalue weighted by Gasteiger charge is -2.31. The van der Waals surface area contributed by atoms with Gasteiger partial charge in [-0.1, -0.05) is 0 Å². The van der Waals surface area contributed by atoms with Crippen LogP contribution in [0.15, 0.2) is 12.1 Å². The molecular formula is C23H34N4O2. The molecule has 4 saturated heterocycles. The first kappa shape index (κ1) is 19.3. The predicted molar refractivity (Wildman–Crippen MR) is 114 cm³/mol. The number of carbonyl (C=O) groups is 1. The lowest BCUT2D eigenvalue weighted by Crippen LogP contribution is -2.39. The molecular weight excluding hydrogens is 364 g/mol. The number of hydrogen-bond donors (Lipinski definition) is 0. The van der Waals surface area contributed by atoms with Crippen molar-refractivity contribution >= 4 is 17.4 Å². The maximum absolute atomic E-state index is 13.2. The normalized spacial score (nSPS) is 30.1. The molecule has 1 aromatic rings. The molecule has 5 heterocycles. The molecule has 158 valence electrons. The summed E-state index contributed by atoms with van der Waals surface area (Å²) in [5.74, 6) is 1.34. The molecule has 6 heteroatoms. The molecule has 1 aromatic heterocycles. The number of likely N-dealkylation sites (tertiary alicyclic amines) is 1. The van der Waals surface area contributed by atoms with Crippen molar-refractivity contribution < 1.29 is 9.53 Å².